The molecule has 0 saturated carbocycles. The van der Waals surface area contributed by atoms with Crippen molar-refractivity contribution >= 4 is 51.4 Å². The molecule has 0 aliphatic carbocycles. The summed E-state index contributed by atoms with van der Waals surface area (Å²) in [5, 5.41) is 4.50. The van der Waals surface area contributed by atoms with Crippen LogP contribution in [0.1, 0.15) is 0 Å². The van der Waals surface area contributed by atoms with Crippen molar-refractivity contribution in [3.8, 4) is 0 Å². The van der Waals surface area contributed by atoms with Crippen molar-refractivity contribution in [3.05, 3.63) is 24.5 Å². The van der Waals surface area contributed by atoms with E-state index >= 15 is 0 Å². The van der Waals surface area contributed by atoms with Gasteiger partial charge >= 0.3 is 11.8 Å². The third kappa shape index (κ3) is 3.38. The van der Waals surface area contributed by atoms with Gasteiger partial charge in [0.15, 0.2) is 0 Å². The summed E-state index contributed by atoms with van der Waals surface area (Å²) in [6, 6.07) is 5.00. The molecule has 0 atom stereocenters. The Morgan fingerprint density at radius 2 is 2.12 bits per heavy atom. The first-order chi connectivity index (χ1) is 11.5. The lowest BCUT2D eigenvalue weighted by Gasteiger charge is -2.13. The summed E-state index contributed by atoms with van der Waals surface area (Å²) >= 11 is 0.919. The minimum absolute atomic E-state index is 0.0177. The zero-order chi connectivity index (χ0) is 17.1. The Kier molecular flexibility index (Phi) is 4.47. The first kappa shape index (κ1) is 16.0. The van der Waals surface area contributed by atoms with Crippen LogP contribution in [0.3, 0.4) is 0 Å². The van der Waals surface area contributed by atoms with Gasteiger partial charge in [-0.2, -0.15) is 0 Å². The van der Waals surface area contributed by atoms with E-state index in [0.29, 0.717) is 5.69 Å². The molecule has 1 aromatic carbocycles. The van der Waals surface area contributed by atoms with Crippen LogP contribution in [-0.2, 0) is 14.4 Å². The number of hydrogen-bond acceptors (Lipinski definition) is 6. The molecule has 2 aromatic rings. The fourth-order valence-electron chi connectivity index (χ4n) is 2.16. The maximum atomic E-state index is 11.8. The average Bonchev–Trinajstić information content (AvgIpc) is 3.15. The van der Waals surface area contributed by atoms with Crippen molar-refractivity contribution < 1.29 is 19.2 Å². The quantitative estimate of drug-likeness (QED) is 0.684. The molecule has 24 heavy (non-hydrogen) atoms. The Morgan fingerprint density at radius 3 is 2.88 bits per heavy atom. The molecule has 3 rings (SSSR count). The minimum Gasteiger partial charge on any atom is -0.346 e. The van der Waals surface area contributed by atoms with Gasteiger partial charge in [0.25, 0.3) is 5.24 Å². The van der Waals surface area contributed by atoms with Crippen LogP contribution < -0.4 is 10.6 Å². The number of fused-ring (bicyclic) bond motifs is 1. The molecule has 4 amide bonds. The zero-order valence-corrected chi connectivity index (χ0v) is 13.2. The van der Waals surface area contributed by atoms with Crippen molar-refractivity contribution in [1.82, 2.24) is 20.2 Å². The highest BCUT2D eigenvalue weighted by atomic mass is 32.2. The van der Waals surface area contributed by atoms with Crippen LogP contribution in [0.2, 0.25) is 0 Å². The molecule has 0 radical (unpaired) electrons. The third-order valence-electron chi connectivity index (χ3n) is 3.35. The summed E-state index contributed by atoms with van der Waals surface area (Å²) < 4.78 is 0. The maximum absolute atomic E-state index is 11.8. The van der Waals surface area contributed by atoms with Crippen LogP contribution in [0.15, 0.2) is 24.5 Å². The maximum Gasteiger partial charge on any atom is 0.313 e. The number of rotatable bonds is 4. The molecular formula is C14H13N5O4S. The van der Waals surface area contributed by atoms with Gasteiger partial charge < -0.3 is 15.6 Å². The Balaban J connectivity index is 1.50. The number of benzene rings is 1. The number of amides is 4. The van der Waals surface area contributed by atoms with Crippen LogP contribution in [0.25, 0.3) is 11.0 Å². The normalized spacial score (nSPS) is 14.2. The van der Waals surface area contributed by atoms with Crippen LogP contribution in [0.5, 0.6) is 0 Å². The predicted octanol–water partition coefficient (Wildman–Crippen LogP) is 0.313. The SMILES string of the molecule is O=C(NCCN1C(=O)CSC1=O)C(=O)Nc1ccc2nc[nH]c2c1. The summed E-state index contributed by atoms with van der Waals surface area (Å²) in [4.78, 5) is 54.4. The smallest absolute Gasteiger partial charge is 0.313 e. The Bertz CT molecular complexity index is 817. The Morgan fingerprint density at radius 1 is 1.29 bits per heavy atom. The molecule has 1 aliphatic rings. The van der Waals surface area contributed by atoms with Crippen LogP contribution in [0.4, 0.5) is 10.5 Å². The molecule has 1 aromatic heterocycles. The van der Waals surface area contributed by atoms with Crippen LogP contribution in [-0.4, -0.2) is 56.7 Å². The lowest BCUT2D eigenvalue weighted by atomic mass is 10.2. The predicted molar refractivity (Wildman–Crippen MR) is 87.3 cm³/mol. The molecule has 9 nitrogen and oxygen atoms in total. The number of aromatic nitrogens is 2. The van der Waals surface area contributed by atoms with Gasteiger partial charge in [-0.1, -0.05) is 11.8 Å². The highest BCUT2D eigenvalue weighted by Gasteiger charge is 2.29. The fraction of sp³-hybridized carbons (Fsp3) is 0.214. The number of nitrogens with one attached hydrogen (secondary N) is 3. The van der Waals surface area contributed by atoms with Gasteiger partial charge in [-0.25, -0.2) is 4.98 Å². The fourth-order valence-corrected chi connectivity index (χ4v) is 2.91. The van der Waals surface area contributed by atoms with Gasteiger partial charge in [-0.05, 0) is 18.2 Å². The molecule has 2 heterocycles. The van der Waals surface area contributed by atoms with Gasteiger partial charge in [0.1, 0.15) is 0 Å². The number of anilines is 1. The van der Waals surface area contributed by atoms with Crippen molar-refractivity contribution in [3.63, 3.8) is 0 Å². The van der Waals surface area contributed by atoms with E-state index in [1.54, 1.807) is 18.2 Å². The van der Waals surface area contributed by atoms with Crippen molar-refractivity contribution in [2.45, 2.75) is 0 Å². The molecule has 124 valence electrons. The van der Waals surface area contributed by atoms with Gasteiger partial charge in [-0.3, -0.25) is 24.1 Å². The summed E-state index contributed by atoms with van der Waals surface area (Å²) in [6.45, 7) is 0.0632. The number of nitrogens with zero attached hydrogens (tertiary/aromatic N) is 2. The number of aromatic amines is 1. The molecule has 0 bridgehead atoms. The van der Waals surface area contributed by atoms with E-state index in [1.165, 1.54) is 6.33 Å². The molecule has 1 fully saturated rings. The number of thioether (sulfide) groups is 1. The number of carbonyl (C=O) groups is 4. The number of imidazole rings is 1. The minimum atomic E-state index is -0.841. The van der Waals surface area contributed by atoms with Gasteiger partial charge in [0, 0.05) is 18.8 Å². The summed E-state index contributed by atoms with van der Waals surface area (Å²) in [5.41, 5.74) is 1.93. The molecule has 0 unspecified atom stereocenters. The van der Waals surface area contributed by atoms with E-state index in [-0.39, 0.29) is 30.0 Å². The van der Waals surface area contributed by atoms with E-state index < -0.39 is 11.8 Å². The van der Waals surface area contributed by atoms with Gasteiger partial charge in [0.2, 0.25) is 5.91 Å². The zero-order valence-electron chi connectivity index (χ0n) is 12.4. The van der Waals surface area contributed by atoms with E-state index in [9.17, 15) is 19.2 Å². The number of carbonyl (C=O) groups excluding carboxylic acids is 4. The standard InChI is InChI=1S/C14H13N5O4S/c20-11-6-24-14(23)19(11)4-3-15-12(21)13(22)18-8-1-2-9-10(5-8)17-7-16-9/h1-2,5,7H,3-4,6H2,(H,15,21)(H,16,17)(H,18,22). The molecule has 1 aliphatic heterocycles. The Hall–Kier alpha value is -2.88. The van der Waals surface area contributed by atoms with E-state index in [0.717, 1.165) is 27.7 Å². The second kappa shape index (κ2) is 6.71. The molecular weight excluding hydrogens is 334 g/mol. The lowest BCUT2D eigenvalue weighted by molar-refractivity contribution is -0.136. The molecule has 1 saturated heterocycles. The van der Waals surface area contributed by atoms with E-state index in [1.807, 2.05) is 0 Å². The van der Waals surface area contributed by atoms with Gasteiger partial charge in [-0.15, -0.1) is 0 Å². The average molecular weight is 347 g/mol. The lowest BCUT2D eigenvalue weighted by Crippen LogP contribution is -2.41. The highest BCUT2D eigenvalue weighted by Crippen LogP contribution is 2.18. The molecule has 10 heteroatoms. The first-order valence-corrected chi connectivity index (χ1v) is 8.02. The second-order valence-electron chi connectivity index (χ2n) is 4.94. The van der Waals surface area contributed by atoms with E-state index in [4.69, 9.17) is 0 Å². The van der Waals surface area contributed by atoms with Crippen LogP contribution in [0, 0.1) is 0 Å². The summed E-state index contributed by atoms with van der Waals surface area (Å²) in [5.74, 6) is -1.85. The molecule has 0 spiro atoms. The largest absolute Gasteiger partial charge is 0.346 e. The third-order valence-corrected chi connectivity index (χ3v) is 4.20. The number of imide groups is 1. The topological polar surface area (TPSA) is 124 Å². The number of hydrogen-bond donors (Lipinski definition) is 3. The van der Waals surface area contributed by atoms with Crippen LogP contribution >= 0.6 is 11.8 Å². The highest BCUT2D eigenvalue weighted by molar-refractivity contribution is 8.14. The van der Waals surface area contributed by atoms with Crippen molar-refractivity contribution in [1.29, 1.82) is 0 Å². The van der Waals surface area contributed by atoms with Crippen molar-refractivity contribution in [2.75, 3.05) is 24.2 Å². The summed E-state index contributed by atoms with van der Waals surface area (Å²) in [7, 11) is 0. The summed E-state index contributed by atoms with van der Waals surface area (Å²) in [6.07, 6.45) is 1.53. The molecule has 3 N–H and O–H groups in total. The second-order valence-corrected chi connectivity index (χ2v) is 5.87. The van der Waals surface area contributed by atoms with Gasteiger partial charge in [0.05, 0.1) is 23.1 Å². The Labute approximate surface area is 140 Å². The van der Waals surface area contributed by atoms with E-state index in [2.05, 4.69) is 20.6 Å². The number of H-pyrrole nitrogens is 1. The first-order valence-electron chi connectivity index (χ1n) is 7.04. The monoisotopic (exact) mass is 347 g/mol. The van der Waals surface area contributed by atoms with Crippen molar-refractivity contribution in [2.24, 2.45) is 0 Å².